The number of nitrogens with one attached hydrogen (secondary N) is 2. The molecule has 0 spiro atoms. The number of amides is 1. The summed E-state index contributed by atoms with van der Waals surface area (Å²) in [4.78, 5) is 13.5. The Morgan fingerprint density at radius 3 is 2.76 bits per heavy atom. The molecule has 0 aliphatic carbocycles. The lowest BCUT2D eigenvalue weighted by atomic mass is 9.83. The smallest absolute Gasteiger partial charge is 0.220 e. The highest BCUT2D eigenvalue weighted by Crippen LogP contribution is 2.28. The fraction of sp³-hybridized carbons (Fsp3) is 0.846. The van der Waals surface area contributed by atoms with E-state index in [1.807, 2.05) is 0 Å². The van der Waals surface area contributed by atoms with E-state index in [2.05, 4.69) is 31.0 Å². The lowest BCUT2D eigenvalue weighted by Gasteiger charge is -2.44. The van der Waals surface area contributed by atoms with Gasteiger partial charge in [0.1, 0.15) is 5.84 Å². The molecule has 2 fully saturated rings. The van der Waals surface area contributed by atoms with Gasteiger partial charge in [-0.1, -0.05) is 20.8 Å². The van der Waals surface area contributed by atoms with Gasteiger partial charge < -0.3 is 10.2 Å². The Bertz CT molecular complexity index is 332. The fourth-order valence-electron chi connectivity index (χ4n) is 2.79. The van der Waals surface area contributed by atoms with Crippen LogP contribution in [-0.4, -0.2) is 35.8 Å². The van der Waals surface area contributed by atoms with E-state index in [0.717, 1.165) is 31.8 Å². The van der Waals surface area contributed by atoms with Gasteiger partial charge in [0, 0.05) is 31.0 Å². The van der Waals surface area contributed by atoms with Crippen LogP contribution in [0.4, 0.5) is 0 Å². The SMILES string of the molecule is CC(C)(C)C(=N)N1CCC2NC(=O)CCC2C1. The van der Waals surface area contributed by atoms with E-state index < -0.39 is 0 Å². The second kappa shape index (κ2) is 4.31. The van der Waals surface area contributed by atoms with Gasteiger partial charge >= 0.3 is 0 Å². The van der Waals surface area contributed by atoms with Crippen molar-refractivity contribution in [3.63, 3.8) is 0 Å². The fourth-order valence-corrected chi connectivity index (χ4v) is 2.79. The number of hydrogen-bond donors (Lipinski definition) is 2. The number of carbonyl (C=O) groups excluding carboxylic acids is 1. The lowest BCUT2D eigenvalue weighted by Crippen LogP contribution is -2.56. The van der Waals surface area contributed by atoms with Crippen LogP contribution in [0.1, 0.15) is 40.0 Å². The van der Waals surface area contributed by atoms with Gasteiger partial charge in [-0.05, 0) is 18.8 Å². The molecule has 2 unspecified atom stereocenters. The van der Waals surface area contributed by atoms with E-state index in [1.165, 1.54) is 0 Å². The van der Waals surface area contributed by atoms with Crippen molar-refractivity contribution in [2.24, 2.45) is 11.3 Å². The molecule has 0 aromatic heterocycles. The van der Waals surface area contributed by atoms with Gasteiger partial charge in [-0.25, -0.2) is 0 Å². The largest absolute Gasteiger partial charge is 0.360 e. The van der Waals surface area contributed by atoms with Crippen molar-refractivity contribution in [1.29, 1.82) is 5.41 Å². The minimum absolute atomic E-state index is 0.0786. The molecule has 1 amide bonds. The average Bonchev–Trinajstić information content (AvgIpc) is 2.26. The summed E-state index contributed by atoms with van der Waals surface area (Å²) in [7, 11) is 0. The second-order valence-corrected chi connectivity index (χ2v) is 6.31. The van der Waals surface area contributed by atoms with Crippen molar-refractivity contribution >= 4 is 11.7 Å². The van der Waals surface area contributed by atoms with E-state index in [1.54, 1.807) is 0 Å². The van der Waals surface area contributed by atoms with Gasteiger partial charge in [-0.2, -0.15) is 0 Å². The highest BCUT2D eigenvalue weighted by Gasteiger charge is 2.36. The van der Waals surface area contributed by atoms with Crippen LogP contribution in [0.25, 0.3) is 0 Å². The van der Waals surface area contributed by atoms with Crippen molar-refractivity contribution in [2.45, 2.75) is 46.1 Å². The number of hydrogen-bond acceptors (Lipinski definition) is 2. The summed E-state index contributed by atoms with van der Waals surface area (Å²) >= 11 is 0. The standard InChI is InChI=1S/C13H23N3O/c1-13(2,3)12(14)16-7-6-10-9(8-16)4-5-11(17)15-10/h9-10,14H,4-8H2,1-3H3,(H,15,17). The average molecular weight is 237 g/mol. The van der Waals surface area contributed by atoms with Crippen molar-refractivity contribution in [2.75, 3.05) is 13.1 Å². The minimum Gasteiger partial charge on any atom is -0.360 e. The predicted molar refractivity (Wildman–Crippen MR) is 68.0 cm³/mol. The number of amidine groups is 1. The van der Waals surface area contributed by atoms with Gasteiger partial charge in [0.2, 0.25) is 5.91 Å². The molecule has 0 saturated carbocycles. The third-order valence-corrected chi connectivity index (χ3v) is 3.85. The van der Waals surface area contributed by atoms with Crippen molar-refractivity contribution in [3.8, 4) is 0 Å². The summed E-state index contributed by atoms with van der Waals surface area (Å²) in [6.45, 7) is 8.09. The van der Waals surface area contributed by atoms with E-state index in [9.17, 15) is 4.79 Å². The van der Waals surface area contributed by atoms with Crippen LogP contribution >= 0.6 is 0 Å². The summed E-state index contributed by atoms with van der Waals surface area (Å²) in [6.07, 6.45) is 2.61. The van der Waals surface area contributed by atoms with E-state index in [0.29, 0.717) is 18.4 Å². The molecule has 2 aliphatic rings. The molecule has 96 valence electrons. The first kappa shape index (κ1) is 12.4. The first-order valence-electron chi connectivity index (χ1n) is 6.51. The molecule has 2 saturated heterocycles. The number of nitrogens with zero attached hydrogens (tertiary/aromatic N) is 1. The number of rotatable bonds is 0. The zero-order valence-corrected chi connectivity index (χ0v) is 11.0. The Labute approximate surface area is 103 Å². The highest BCUT2D eigenvalue weighted by molar-refractivity contribution is 5.84. The number of fused-ring (bicyclic) bond motifs is 1. The summed E-state index contributed by atoms with van der Waals surface area (Å²) in [5.74, 6) is 1.46. The molecule has 0 aromatic rings. The van der Waals surface area contributed by atoms with Gasteiger partial charge in [0.25, 0.3) is 0 Å². The molecular formula is C13H23N3O. The van der Waals surface area contributed by atoms with E-state index in [-0.39, 0.29) is 11.3 Å². The molecule has 4 heteroatoms. The summed E-state index contributed by atoms with van der Waals surface area (Å²) in [5, 5.41) is 11.3. The number of piperidine rings is 2. The van der Waals surface area contributed by atoms with E-state index >= 15 is 0 Å². The third-order valence-electron chi connectivity index (χ3n) is 3.85. The molecular weight excluding hydrogens is 214 g/mol. The number of likely N-dealkylation sites (tertiary alicyclic amines) is 1. The summed E-state index contributed by atoms with van der Waals surface area (Å²) in [6, 6.07) is 0.347. The minimum atomic E-state index is -0.0786. The second-order valence-electron chi connectivity index (χ2n) is 6.31. The normalized spacial score (nSPS) is 29.6. The lowest BCUT2D eigenvalue weighted by molar-refractivity contribution is -0.125. The Morgan fingerprint density at radius 1 is 1.41 bits per heavy atom. The van der Waals surface area contributed by atoms with Crippen LogP contribution < -0.4 is 5.32 Å². The maximum Gasteiger partial charge on any atom is 0.220 e. The molecule has 17 heavy (non-hydrogen) atoms. The molecule has 0 radical (unpaired) electrons. The van der Waals surface area contributed by atoms with Gasteiger partial charge in [-0.15, -0.1) is 0 Å². The first-order valence-corrected chi connectivity index (χ1v) is 6.51. The van der Waals surface area contributed by atoms with Gasteiger partial charge in [-0.3, -0.25) is 10.2 Å². The zero-order valence-electron chi connectivity index (χ0n) is 11.0. The molecule has 2 heterocycles. The topological polar surface area (TPSA) is 56.2 Å². The Balaban J connectivity index is 1.99. The van der Waals surface area contributed by atoms with Crippen LogP contribution in [0, 0.1) is 16.7 Å². The van der Waals surface area contributed by atoms with Crippen LogP contribution in [0.2, 0.25) is 0 Å². The van der Waals surface area contributed by atoms with Crippen molar-refractivity contribution < 1.29 is 4.79 Å². The molecule has 4 nitrogen and oxygen atoms in total. The summed E-state index contributed by atoms with van der Waals surface area (Å²) in [5.41, 5.74) is -0.0786. The van der Waals surface area contributed by atoms with Crippen LogP contribution in [0.5, 0.6) is 0 Å². The monoisotopic (exact) mass is 237 g/mol. The van der Waals surface area contributed by atoms with Crippen molar-refractivity contribution in [3.05, 3.63) is 0 Å². The molecule has 2 atom stereocenters. The van der Waals surface area contributed by atoms with Crippen LogP contribution in [0.3, 0.4) is 0 Å². The Kier molecular flexibility index (Phi) is 3.15. The molecule has 2 N–H and O–H groups in total. The Morgan fingerprint density at radius 2 is 2.12 bits per heavy atom. The van der Waals surface area contributed by atoms with Crippen LogP contribution in [0.15, 0.2) is 0 Å². The zero-order chi connectivity index (χ0) is 12.6. The first-order chi connectivity index (χ1) is 7.88. The van der Waals surface area contributed by atoms with E-state index in [4.69, 9.17) is 5.41 Å². The molecule has 2 rings (SSSR count). The maximum absolute atomic E-state index is 11.3. The van der Waals surface area contributed by atoms with Gasteiger partial charge in [0.05, 0.1) is 0 Å². The molecule has 0 aromatic carbocycles. The predicted octanol–water partition coefficient (Wildman–Crippen LogP) is 1.61. The Hall–Kier alpha value is -1.06. The van der Waals surface area contributed by atoms with Crippen molar-refractivity contribution in [1.82, 2.24) is 10.2 Å². The van der Waals surface area contributed by atoms with Crippen LogP contribution in [-0.2, 0) is 4.79 Å². The highest BCUT2D eigenvalue weighted by atomic mass is 16.1. The molecule has 0 bridgehead atoms. The third kappa shape index (κ3) is 2.61. The maximum atomic E-state index is 11.3. The summed E-state index contributed by atoms with van der Waals surface area (Å²) < 4.78 is 0. The van der Waals surface area contributed by atoms with Gasteiger partial charge in [0.15, 0.2) is 0 Å². The number of carbonyl (C=O) groups is 1. The molecule has 2 aliphatic heterocycles. The quantitative estimate of drug-likeness (QED) is 0.497.